The zero-order chi connectivity index (χ0) is 13.1. The van der Waals surface area contributed by atoms with Crippen molar-refractivity contribution in [1.29, 1.82) is 5.26 Å². The van der Waals surface area contributed by atoms with Crippen LogP contribution in [0.2, 0.25) is 0 Å². The number of aryl methyl sites for hydroxylation is 2. The molecule has 4 nitrogen and oxygen atoms in total. The number of nitriles is 1. The maximum Gasteiger partial charge on any atom is 0.151 e. The Morgan fingerprint density at radius 3 is 2.72 bits per heavy atom. The largest absolute Gasteiger partial charge is 0.216 e. The lowest BCUT2D eigenvalue weighted by Crippen LogP contribution is -2.04. The number of benzene rings is 1. The van der Waals surface area contributed by atoms with E-state index in [1.54, 1.807) is 10.7 Å². The molecule has 0 fully saturated rings. The average molecular weight is 244 g/mol. The van der Waals surface area contributed by atoms with Crippen molar-refractivity contribution in [3.63, 3.8) is 0 Å². The number of nitrogens with zero attached hydrogens (tertiary/aromatic N) is 4. The first-order chi connectivity index (χ1) is 8.69. The maximum absolute atomic E-state index is 13.1. The Balaban J connectivity index is 2.61. The molecular formula is C13H13FN4. The molecule has 2 aromatic rings. The van der Waals surface area contributed by atoms with Crippen LogP contribution in [-0.4, -0.2) is 14.8 Å². The minimum atomic E-state index is -0.427. The first-order valence-electron chi connectivity index (χ1n) is 5.84. The Labute approximate surface area is 105 Å². The summed E-state index contributed by atoms with van der Waals surface area (Å²) in [6.45, 7) is 3.94. The summed E-state index contributed by atoms with van der Waals surface area (Å²) in [4.78, 5) is 4.37. The summed E-state index contributed by atoms with van der Waals surface area (Å²) in [5.74, 6) is 1.07. The van der Waals surface area contributed by atoms with Crippen LogP contribution in [0.1, 0.15) is 31.1 Å². The third-order valence-electron chi connectivity index (χ3n) is 2.66. The van der Waals surface area contributed by atoms with E-state index in [4.69, 9.17) is 5.26 Å². The van der Waals surface area contributed by atoms with Gasteiger partial charge in [-0.15, -0.1) is 0 Å². The highest BCUT2D eigenvalue weighted by Gasteiger charge is 2.13. The molecule has 5 heteroatoms. The Morgan fingerprint density at radius 2 is 2.11 bits per heavy atom. The van der Waals surface area contributed by atoms with E-state index in [0.29, 0.717) is 12.1 Å². The van der Waals surface area contributed by atoms with Gasteiger partial charge in [0.1, 0.15) is 17.7 Å². The lowest BCUT2D eigenvalue weighted by atomic mass is 10.2. The second-order valence-corrected chi connectivity index (χ2v) is 3.84. The molecule has 1 aromatic heterocycles. The molecule has 0 bridgehead atoms. The van der Waals surface area contributed by atoms with Gasteiger partial charge in [-0.25, -0.2) is 14.1 Å². The average Bonchev–Trinajstić information content (AvgIpc) is 2.81. The van der Waals surface area contributed by atoms with E-state index in [2.05, 4.69) is 10.1 Å². The van der Waals surface area contributed by atoms with Crippen LogP contribution < -0.4 is 0 Å². The molecule has 0 amide bonds. The molecule has 2 rings (SSSR count). The fourth-order valence-corrected chi connectivity index (χ4v) is 1.75. The normalized spacial score (nSPS) is 10.3. The molecule has 0 radical (unpaired) electrons. The third kappa shape index (κ3) is 2.09. The van der Waals surface area contributed by atoms with E-state index >= 15 is 0 Å². The molecule has 92 valence electrons. The molecule has 18 heavy (non-hydrogen) atoms. The number of rotatable bonds is 3. The second-order valence-electron chi connectivity index (χ2n) is 3.84. The molecule has 1 heterocycles. The van der Waals surface area contributed by atoms with Crippen molar-refractivity contribution in [3.8, 4) is 11.8 Å². The van der Waals surface area contributed by atoms with Crippen LogP contribution in [0.15, 0.2) is 18.2 Å². The molecule has 0 N–H and O–H groups in total. The highest BCUT2D eigenvalue weighted by atomic mass is 19.1. The van der Waals surface area contributed by atoms with Crippen LogP contribution in [0.4, 0.5) is 4.39 Å². The van der Waals surface area contributed by atoms with Crippen molar-refractivity contribution in [2.75, 3.05) is 0 Å². The highest BCUT2D eigenvalue weighted by molar-refractivity contribution is 5.48. The Bertz CT molecular complexity index is 610. The van der Waals surface area contributed by atoms with E-state index in [-0.39, 0.29) is 5.56 Å². The summed E-state index contributed by atoms with van der Waals surface area (Å²) in [5, 5.41) is 13.4. The summed E-state index contributed by atoms with van der Waals surface area (Å²) in [6, 6.07) is 6.07. The number of halogens is 1. The lowest BCUT2D eigenvalue weighted by molar-refractivity contribution is 0.626. The van der Waals surface area contributed by atoms with Gasteiger partial charge in [0, 0.05) is 12.8 Å². The number of aromatic nitrogens is 3. The summed E-state index contributed by atoms with van der Waals surface area (Å²) in [7, 11) is 0. The van der Waals surface area contributed by atoms with Gasteiger partial charge in [-0.2, -0.15) is 10.4 Å². The highest BCUT2D eigenvalue weighted by Crippen LogP contribution is 2.17. The third-order valence-corrected chi connectivity index (χ3v) is 2.66. The van der Waals surface area contributed by atoms with Crippen molar-refractivity contribution in [2.24, 2.45) is 0 Å². The molecule has 0 saturated heterocycles. The lowest BCUT2D eigenvalue weighted by Gasteiger charge is -2.06. The Kier molecular flexibility index (Phi) is 3.38. The van der Waals surface area contributed by atoms with Crippen LogP contribution in [0.25, 0.3) is 5.69 Å². The first kappa shape index (κ1) is 12.2. The van der Waals surface area contributed by atoms with Gasteiger partial charge in [0.05, 0.1) is 11.3 Å². The standard InChI is InChI=1S/C13H13FN4/c1-3-12-16-13(4-2)18(17-12)11-6-5-10(14)7-9(11)8-15/h5-7H,3-4H2,1-2H3. The minimum absolute atomic E-state index is 0.261. The van der Waals surface area contributed by atoms with E-state index < -0.39 is 5.82 Å². The van der Waals surface area contributed by atoms with E-state index in [1.165, 1.54) is 12.1 Å². The van der Waals surface area contributed by atoms with Crippen molar-refractivity contribution >= 4 is 0 Å². The van der Waals surface area contributed by atoms with Crippen LogP contribution in [0.3, 0.4) is 0 Å². The molecule has 0 aliphatic heterocycles. The van der Waals surface area contributed by atoms with Gasteiger partial charge in [-0.05, 0) is 18.2 Å². The van der Waals surface area contributed by atoms with Gasteiger partial charge in [-0.3, -0.25) is 0 Å². The first-order valence-corrected chi connectivity index (χ1v) is 5.84. The molecule has 0 aliphatic rings. The second kappa shape index (κ2) is 4.96. The molecule has 0 spiro atoms. The van der Waals surface area contributed by atoms with Crippen LogP contribution in [0, 0.1) is 17.1 Å². The van der Waals surface area contributed by atoms with Crippen molar-refractivity contribution < 1.29 is 4.39 Å². The van der Waals surface area contributed by atoms with Gasteiger partial charge in [0.2, 0.25) is 0 Å². The maximum atomic E-state index is 13.1. The quantitative estimate of drug-likeness (QED) is 0.833. The van der Waals surface area contributed by atoms with Crippen LogP contribution in [0.5, 0.6) is 0 Å². The van der Waals surface area contributed by atoms with Gasteiger partial charge < -0.3 is 0 Å². The zero-order valence-corrected chi connectivity index (χ0v) is 10.3. The molecule has 0 unspecified atom stereocenters. The predicted molar refractivity (Wildman–Crippen MR) is 64.8 cm³/mol. The number of hydrogen-bond acceptors (Lipinski definition) is 3. The molecular weight excluding hydrogens is 231 g/mol. The Morgan fingerprint density at radius 1 is 1.33 bits per heavy atom. The molecule has 0 aliphatic carbocycles. The van der Waals surface area contributed by atoms with Gasteiger partial charge in [-0.1, -0.05) is 13.8 Å². The zero-order valence-electron chi connectivity index (χ0n) is 10.3. The van der Waals surface area contributed by atoms with Crippen molar-refractivity contribution in [2.45, 2.75) is 26.7 Å². The smallest absolute Gasteiger partial charge is 0.151 e. The molecule has 0 atom stereocenters. The van der Waals surface area contributed by atoms with Gasteiger partial charge in [0.25, 0.3) is 0 Å². The minimum Gasteiger partial charge on any atom is -0.216 e. The van der Waals surface area contributed by atoms with Gasteiger partial charge in [0.15, 0.2) is 5.82 Å². The number of hydrogen-bond donors (Lipinski definition) is 0. The fraction of sp³-hybridized carbons (Fsp3) is 0.308. The topological polar surface area (TPSA) is 54.5 Å². The van der Waals surface area contributed by atoms with Crippen LogP contribution >= 0.6 is 0 Å². The van der Waals surface area contributed by atoms with Gasteiger partial charge >= 0.3 is 0 Å². The van der Waals surface area contributed by atoms with Crippen molar-refractivity contribution in [1.82, 2.24) is 14.8 Å². The summed E-state index contributed by atoms with van der Waals surface area (Å²) < 4.78 is 14.7. The van der Waals surface area contributed by atoms with Crippen LogP contribution in [-0.2, 0) is 12.8 Å². The van der Waals surface area contributed by atoms with E-state index in [1.807, 2.05) is 19.9 Å². The molecule has 1 aromatic carbocycles. The SMILES string of the molecule is CCc1nc(CC)n(-c2ccc(F)cc2C#N)n1. The van der Waals surface area contributed by atoms with E-state index in [9.17, 15) is 4.39 Å². The Hall–Kier alpha value is -2.22. The predicted octanol–water partition coefficient (Wildman–Crippen LogP) is 2.40. The summed E-state index contributed by atoms with van der Waals surface area (Å²) in [6.07, 6.45) is 1.43. The van der Waals surface area contributed by atoms with Crippen molar-refractivity contribution in [3.05, 3.63) is 41.2 Å². The summed E-state index contributed by atoms with van der Waals surface area (Å²) in [5.41, 5.74) is 0.834. The monoisotopic (exact) mass is 244 g/mol. The van der Waals surface area contributed by atoms with E-state index in [0.717, 1.165) is 18.1 Å². The molecule has 0 saturated carbocycles. The summed E-state index contributed by atoms with van der Waals surface area (Å²) >= 11 is 0. The fourth-order valence-electron chi connectivity index (χ4n) is 1.75.